The van der Waals surface area contributed by atoms with Crippen LogP contribution in [0, 0.1) is 0 Å². The molecule has 26 heavy (non-hydrogen) atoms. The van der Waals surface area contributed by atoms with Gasteiger partial charge in [-0.25, -0.2) is 0 Å². The Balaban J connectivity index is 1.81. The van der Waals surface area contributed by atoms with Crippen LogP contribution in [0.3, 0.4) is 0 Å². The first-order valence-corrected chi connectivity index (χ1v) is 9.26. The molecule has 136 valence electrons. The highest BCUT2D eigenvalue weighted by Crippen LogP contribution is 2.35. The number of nitrogens with one attached hydrogen (secondary N) is 2. The highest BCUT2D eigenvalue weighted by Gasteiger charge is 2.28. The van der Waals surface area contributed by atoms with E-state index in [4.69, 9.17) is 32.7 Å². The van der Waals surface area contributed by atoms with Crippen molar-refractivity contribution in [1.29, 1.82) is 0 Å². The van der Waals surface area contributed by atoms with E-state index in [-0.39, 0.29) is 11.4 Å². The molecule has 1 fully saturated rings. The van der Waals surface area contributed by atoms with Crippen molar-refractivity contribution < 1.29 is 14.3 Å². The molecule has 8 heteroatoms. The molecule has 1 amide bonds. The Morgan fingerprint density at radius 2 is 1.73 bits per heavy atom. The summed E-state index contributed by atoms with van der Waals surface area (Å²) in [6.45, 7) is 0. The van der Waals surface area contributed by atoms with Crippen LogP contribution in [0.1, 0.15) is 5.56 Å². The van der Waals surface area contributed by atoms with E-state index < -0.39 is 0 Å². The molecular formula is C18H16Cl2N2O3S. The summed E-state index contributed by atoms with van der Waals surface area (Å²) in [6.07, 6.45) is 1.75. The summed E-state index contributed by atoms with van der Waals surface area (Å²) in [5.41, 5.74) is 1.07. The Kier molecular flexibility index (Phi) is 5.86. The van der Waals surface area contributed by atoms with Crippen LogP contribution in [0.4, 0.5) is 5.69 Å². The van der Waals surface area contributed by atoms with Crippen LogP contribution in [-0.2, 0) is 4.79 Å². The third-order valence-electron chi connectivity index (χ3n) is 3.66. The van der Waals surface area contributed by atoms with Gasteiger partial charge >= 0.3 is 0 Å². The predicted octanol–water partition coefficient (Wildman–Crippen LogP) is 4.61. The van der Waals surface area contributed by atoms with Crippen LogP contribution in [0.25, 0.3) is 6.08 Å². The molecule has 2 aromatic carbocycles. The number of rotatable bonds is 5. The van der Waals surface area contributed by atoms with Crippen molar-refractivity contribution in [1.82, 2.24) is 5.32 Å². The smallest absolute Gasteiger partial charge is 0.260 e. The molecule has 2 N–H and O–H groups in total. The highest BCUT2D eigenvalue weighted by atomic mass is 35.5. The number of hydrogen-bond acceptors (Lipinski definition) is 5. The Hall–Kier alpha value is -2.02. The van der Waals surface area contributed by atoms with Crippen LogP contribution in [0.15, 0.2) is 41.3 Å². The second-order valence-corrected chi connectivity index (χ2v) is 7.37. The summed E-state index contributed by atoms with van der Waals surface area (Å²) in [5, 5.41) is 7.22. The van der Waals surface area contributed by atoms with Crippen molar-refractivity contribution >= 4 is 52.6 Å². The molecule has 1 unspecified atom stereocenters. The molecular weight excluding hydrogens is 395 g/mol. The zero-order valence-corrected chi connectivity index (χ0v) is 16.3. The van der Waals surface area contributed by atoms with E-state index >= 15 is 0 Å². The zero-order chi connectivity index (χ0) is 18.7. The number of thioether (sulfide) groups is 1. The molecule has 1 aliphatic rings. The lowest BCUT2D eigenvalue weighted by Crippen LogP contribution is -2.31. The number of methoxy groups -OCH3 is 2. The molecule has 1 atom stereocenters. The van der Waals surface area contributed by atoms with E-state index in [1.165, 1.54) is 11.8 Å². The van der Waals surface area contributed by atoms with Gasteiger partial charge in [-0.15, -0.1) is 0 Å². The Labute approximate surface area is 165 Å². The van der Waals surface area contributed by atoms with E-state index in [2.05, 4.69) is 10.6 Å². The molecule has 3 rings (SSSR count). The number of halogens is 2. The summed E-state index contributed by atoms with van der Waals surface area (Å²) in [7, 11) is 3.15. The molecule has 0 saturated carbocycles. The topological polar surface area (TPSA) is 59.6 Å². The Bertz CT molecular complexity index is 874. The van der Waals surface area contributed by atoms with Crippen molar-refractivity contribution in [2.75, 3.05) is 19.5 Å². The second kappa shape index (κ2) is 8.12. The molecule has 1 aliphatic heterocycles. The average molecular weight is 411 g/mol. The van der Waals surface area contributed by atoms with Gasteiger partial charge in [0.2, 0.25) is 0 Å². The minimum Gasteiger partial charge on any atom is -0.496 e. The first-order valence-electron chi connectivity index (χ1n) is 7.63. The summed E-state index contributed by atoms with van der Waals surface area (Å²) < 4.78 is 10.6. The minimum atomic E-state index is -0.355. The van der Waals surface area contributed by atoms with E-state index in [0.717, 1.165) is 5.56 Å². The minimum absolute atomic E-state index is 0.185. The van der Waals surface area contributed by atoms with Crippen molar-refractivity contribution in [3.05, 3.63) is 56.9 Å². The van der Waals surface area contributed by atoms with Gasteiger partial charge in [0.15, 0.2) is 5.50 Å². The van der Waals surface area contributed by atoms with E-state index in [1.54, 1.807) is 56.7 Å². The van der Waals surface area contributed by atoms with Crippen LogP contribution in [0.2, 0.25) is 10.0 Å². The van der Waals surface area contributed by atoms with Gasteiger partial charge in [-0.2, -0.15) is 0 Å². The summed E-state index contributed by atoms with van der Waals surface area (Å²) >= 11 is 13.4. The van der Waals surface area contributed by atoms with Gasteiger partial charge in [0, 0.05) is 15.6 Å². The normalized spacial score (nSPS) is 17.9. The van der Waals surface area contributed by atoms with E-state index in [1.807, 2.05) is 0 Å². The van der Waals surface area contributed by atoms with Crippen LogP contribution < -0.4 is 20.1 Å². The average Bonchev–Trinajstić information content (AvgIpc) is 2.94. The number of benzene rings is 2. The number of ether oxygens (including phenoxy) is 2. The van der Waals surface area contributed by atoms with Crippen LogP contribution >= 0.6 is 35.0 Å². The van der Waals surface area contributed by atoms with Crippen molar-refractivity contribution in [3.8, 4) is 11.5 Å². The molecule has 0 spiro atoms. The summed E-state index contributed by atoms with van der Waals surface area (Å²) in [6, 6.07) is 10.5. The molecule has 0 aliphatic carbocycles. The van der Waals surface area contributed by atoms with Gasteiger partial charge in [0.05, 0.1) is 24.8 Å². The molecule has 5 nitrogen and oxygen atoms in total. The molecule has 0 bridgehead atoms. The first-order chi connectivity index (χ1) is 12.5. The van der Waals surface area contributed by atoms with Crippen molar-refractivity contribution in [3.63, 3.8) is 0 Å². The van der Waals surface area contributed by atoms with Gasteiger partial charge in [-0.3, -0.25) is 4.79 Å². The number of amides is 1. The third kappa shape index (κ3) is 4.20. The van der Waals surface area contributed by atoms with Gasteiger partial charge in [-0.05, 0) is 42.5 Å². The third-order valence-corrected chi connectivity index (χ3v) is 5.16. The second-order valence-electron chi connectivity index (χ2n) is 5.36. The maximum atomic E-state index is 12.3. The molecule has 0 aromatic heterocycles. The predicted molar refractivity (Wildman–Crippen MR) is 107 cm³/mol. The molecule has 0 radical (unpaired) electrons. The van der Waals surface area contributed by atoms with Gasteiger partial charge < -0.3 is 20.1 Å². The highest BCUT2D eigenvalue weighted by molar-refractivity contribution is 8.05. The van der Waals surface area contributed by atoms with Gasteiger partial charge in [0.1, 0.15) is 11.5 Å². The fraction of sp³-hybridized carbons (Fsp3) is 0.167. The largest absolute Gasteiger partial charge is 0.496 e. The number of carbonyl (C=O) groups excluding carboxylic acids is 1. The molecule has 2 aromatic rings. The van der Waals surface area contributed by atoms with Gasteiger partial charge in [0.25, 0.3) is 5.91 Å². The van der Waals surface area contributed by atoms with E-state index in [0.29, 0.717) is 32.1 Å². The summed E-state index contributed by atoms with van der Waals surface area (Å²) in [5.74, 6) is 1.09. The van der Waals surface area contributed by atoms with E-state index in [9.17, 15) is 4.79 Å². The lowest BCUT2D eigenvalue weighted by Gasteiger charge is -2.15. The Morgan fingerprint density at radius 1 is 1.08 bits per heavy atom. The SMILES string of the molecule is COc1ccc(Cl)cc1/C=C1\SC(Nc2cc(Cl)ccc2OC)NC1=O. The lowest BCUT2D eigenvalue weighted by molar-refractivity contribution is -0.116. The lowest BCUT2D eigenvalue weighted by atomic mass is 10.2. The maximum absolute atomic E-state index is 12.3. The number of anilines is 1. The van der Waals surface area contributed by atoms with Crippen LogP contribution in [0.5, 0.6) is 11.5 Å². The van der Waals surface area contributed by atoms with Gasteiger partial charge in [-0.1, -0.05) is 35.0 Å². The van der Waals surface area contributed by atoms with Crippen molar-refractivity contribution in [2.45, 2.75) is 5.50 Å². The molecule has 1 saturated heterocycles. The summed E-state index contributed by atoms with van der Waals surface area (Å²) in [4.78, 5) is 12.9. The standard InChI is InChI=1S/C18H16Cl2N2O3S/c1-24-14-5-3-11(19)7-10(14)8-16-17(23)22-18(26-16)21-13-9-12(20)4-6-15(13)25-2/h3-9,18,21H,1-2H3,(H,22,23)/b16-8-. The molecule has 1 heterocycles. The number of hydrogen-bond donors (Lipinski definition) is 2. The first kappa shape index (κ1) is 18.8. The van der Waals surface area contributed by atoms with Crippen molar-refractivity contribution in [2.24, 2.45) is 0 Å². The fourth-order valence-electron chi connectivity index (χ4n) is 2.46. The maximum Gasteiger partial charge on any atom is 0.260 e. The van der Waals surface area contributed by atoms with Crippen LogP contribution in [-0.4, -0.2) is 25.6 Å². The monoisotopic (exact) mass is 410 g/mol. The zero-order valence-electron chi connectivity index (χ0n) is 14.0. The Morgan fingerprint density at radius 3 is 2.42 bits per heavy atom. The fourth-order valence-corrected chi connectivity index (χ4v) is 3.78. The quantitative estimate of drug-likeness (QED) is 0.704. The number of carbonyl (C=O) groups is 1.